The van der Waals surface area contributed by atoms with E-state index in [2.05, 4.69) is 5.32 Å². The van der Waals surface area contributed by atoms with E-state index in [0.29, 0.717) is 28.9 Å². The molecule has 6 nitrogen and oxygen atoms in total. The van der Waals surface area contributed by atoms with E-state index < -0.39 is 29.7 Å². The Balaban J connectivity index is 1.79. The van der Waals surface area contributed by atoms with Crippen LogP contribution in [0.2, 0.25) is 0 Å². The van der Waals surface area contributed by atoms with Crippen LogP contribution in [0.15, 0.2) is 36.4 Å². The van der Waals surface area contributed by atoms with Crippen LogP contribution in [0.5, 0.6) is 5.75 Å². The highest BCUT2D eigenvalue weighted by molar-refractivity contribution is 5.99. The summed E-state index contributed by atoms with van der Waals surface area (Å²) in [7, 11) is 1.44. The van der Waals surface area contributed by atoms with E-state index in [1.165, 1.54) is 19.2 Å². The fraction of sp³-hybridized carbons (Fsp3) is 0.481. The van der Waals surface area contributed by atoms with E-state index in [1.54, 1.807) is 12.1 Å². The van der Waals surface area contributed by atoms with Gasteiger partial charge in [0.05, 0.1) is 24.3 Å². The summed E-state index contributed by atoms with van der Waals surface area (Å²) in [6.07, 6.45) is -0.157. The molecule has 9 heteroatoms. The Hall–Kier alpha value is -3.07. The highest BCUT2D eigenvalue weighted by Crippen LogP contribution is 2.30. The van der Waals surface area contributed by atoms with Gasteiger partial charge in [0, 0.05) is 13.0 Å². The SMILES string of the molecule is CCc1c(CC(OC2CCCCC2)C(=O)O)ccc(OC)c1C(=O)NCc1ccc(C(F)(F)F)cc1. The first-order chi connectivity index (χ1) is 17.1. The summed E-state index contributed by atoms with van der Waals surface area (Å²) in [4.78, 5) is 25.1. The number of methoxy groups -OCH3 is 1. The average molecular weight is 508 g/mol. The molecule has 0 bridgehead atoms. The van der Waals surface area contributed by atoms with Gasteiger partial charge in [0.1, 0.15) is 5.75 Å². The molecule has 0 saturated heterocycles. The molecular weight excluding hydrogens is 475 g/mol. The molecule has 0 aromatic heterocycles. The van der Waals surface area contributed by atoms with Gasteiger partial charge in [-0.2, -0.15) is 13.2 Å². The number of alkyl halides is 3. The maximum Gasteiger partial charge on any atom is 0.416 e. The molecule has 3 rings (SSSR count). The first-order valence-electron chi connectivity index (χ1n) is 12.1. The molecule has 1 amide bonds. The Morgan fingerprint density at radius 2 is 1.75 bits per heavy atom. The number of carbonyl (C=O) groups excluding carboxylic acids is 1. The van der Waals surface area contributed by atoms with Gasteiger partial charge in [-0.25, -0.2) is 4.79 Å². The molecule has 1 aliphatic carbocycles. The molecule has 1 fully saturated rings. The molecule has 0 spiro atoms. The number of ether oxygens (including phenoxy) is 2. The van der Waals surface area contributed by atoms with Crippen LogP contribution < -0.4 is 10.1 Å². The lowest BCUT2D eigenvalue weighted by Crippen LogP contribution is -2.33. The lowest BCUT2D eigenvalue weighted by atomic mass is 9.93. The third kappa shape index (κ3) is 7.00. The first-order valence-corrected chi connectivity index (χ1v) is 12.1. The van der Waals surface area contributed by atoms with Gasteiger partial charge >= 0.3 is 12.1 Å². The quantitative estimate of drug-likeness (QED) is 0.440. The molecule has 1 saturated carbocycles. The first kappa shape index (κ1) is 27.5. The second kappa shape index (κ2) is 12.3. The van der Waals surface area contributed by atoms with Gasteiger partial charge in [-0.15, -0.1) is 0 Å². The fourth-order valence-corrected chi connectivity index (χ4v) is 4.59. The Morgan fingerprint density at radius 3 is 2.31 bits per heavy atom. The third-order valence-corrected chi connectivity index (χ3v) is 6.50. The van der Waals surface area contributed by atoms with Gasteiger partial charge < -0.3 is 19.9 Å². The third-order valence-electron chi connectivity index (χ3n) is 6.50. The van der Waals surface area contributed by atoms with Crippen LogP contribution >= 0.6 is 0 Å². The minimum atomic E-state index is -4.43. The Kier molecular flexibility index (Phi) is 9.37. The summed E-state index contributed by atoms with van der Waals surface area (Å²) in [5.74, 6) is -1.17. The van der Waals surface area contributed by atoms with Gasteiger partial charge in [0.2, 0.25) is 0 Å². The summed E-state index contributed by atoms with van der Waals surface area (Å²) in [6, 6.07) is 7.96. The number of carboxylic acid groups (broad SMARTS) is 1. The lowest BCUT2D eigenvalue weighted by Gasteiger charge is -2.26. The van der Waals surface area contributed by atoms with Crippen molar-refractivity contribution in [3.8, 4) is 5.75 Å². The highest BCUT2D eigenvalue weighted by atomic mass is 19.4. The monoisotopic (exact) mass is 507 g/mol. The van der Waals surface area contributed by atoms with Crippen LogP contribution in [0.4, 0.5) is 13.2 Å². The zero-order chi connectivity index (χ0) is 26.3. The maximum absolute atomic E-state index is 13.2. The number of halogens is 3. The van der Waals surface area contributed by atoms with Crippen molar-refractivity contribution in [1.82, 2.24) is 5.32 Å². The number of carbonyl (C=O) groups is 2. The van der Waals surface area contributed by atoms with Crippen molar-refractivity contribution >= 4 is 11.9 Å². The van der Waals surface area contributed by atoms with Crippen LogP contribution in [0, 0.1) is 0 Å². The predicted molar refractivity (Wildman–Crippen MR) is 128 cm³/mol. The van der Waals surface area contributed by atoms with Crippen molar-refractivity contribution < 1.29 is 37.3 Å². The Labute approximate surface area is 208 Å². The summed E-state index contributed by atoms with van der Waals surface area (Å²) < 4.78 is 49.8. The van der Waals surface area contributed by atoms with Crippen LogP contribution in [-0.4, -0.2) is 36.3 Å². The summed E-state index contributed by atoms with van der Waals surface area (Å²) in [5.41, 5.74) is 1.37. The summed E-state index contributed by atoms with van der Waals surface area (Å²) in [5, 5.41) is 12.5. The molecule has 2 aromatic carbocycles. The van der Waals surface area contributed by atoms with Gasteiger partial charge in [0.25, 0.3) is 5.91 Å². The number of rotatable bonds is 10. The summed E-state index contributed by atoms with van der Waals surface area (Å²) in [6.45, 7) is 1.89. The molecule has 1 atom stereocenters. The van der Waals surface area contributed by atoms with E-state index in [-0.39, 0.29) is 24.6 Å². The summed E-state index contributed by atoms with van der Waals surface area (Å²) >= 11 is 0. The molecular formula is C27H32F3NO5. The molecule has 1 unspecified atom stereocenters. The second-order valence-corrected chi connectivity index (χ2v) is 8.94. The fourth-order valence-electron chi connectivity index (χ4n) is 4.59. The van der Waals surface area contributed by atoms with Gasteiger partial charge in [0.15, 0.2) is 6.10 Å². The van der Waals surface area contributed by atoms with Crippen molar-refractivity contribution in [2.75, 3.05) is 7.11 Å². The van der Waals surface area contributed by atoms with Crippen molar-refractivity contribution in [2.24, 2.45) is 0 Å². The number of carboxylic acids is 1. The molecule has 36 heavy (non-hydrogen) atoms. The predicted octanol–water partition coefficient (Wildman–Crippen LogP) is 5.55. The molecule has 1 aliphatic rings. The molecule has 2 aromatic rings. The van der Waals surface area contributed by atoms with Gasteiger partial charge in [-0.05, 0) is 54.2 Å². The van der Waals surface area contributed by atoms with Crippen LogP contribution in [0.1, 0.15) is 71.6 Å². The standard InChI is InChI=1S/C27H32F3NO5/c1-3-21-18(15-23(26(33)34)36-20-7-5-4-6-8-20)11-14-22(35-2)24(21)25(32)31-16-17-9-12-19(13-10-17)27(28,29)30/h9-14,20,23H,3-8,15-16H2,1-2H3,(H,31,32)(H,33,34). The van der Waals surface area contributed by atoms with E-state index in [4.69, 9.17) is 9.47 Å². The Morgan fingerprint density at radius 1 is 1.08 bits per heavy atom. The molecule has 0 aliphatic heterocycles. The van der Waals surface area contributed by atoms with Crippen LogP contribution in [0.25, 0.3) is 0 Å². The minimum absolute atomic E-state index is 0.0239. The number of nitrogens with one attached hydrogen (secondary N) is 1. The van der Waals surface area contributed by atoms with E-state index in [9.17, 15) is 27.9 Å². The van der Waals surface area contributed by atoms with E-state index >= 15 is 0 Å². The zero-order valence-corrected chi connectivity index (χ0v) is 20.5. The van der Waals surface area contributed by atoms with Crippen LogP contribution in [-0.2, 0) is 35.1 Å². The van der Waals surface area contributed by atoms with Crippen molar-refractivity contribution in [3.05, 3.63) is 64.2 Å². The van der Waals surface area contributed by atoms with Crippen molar-refractivity contribution in [2.45, 2.75) is 76.8 Å². The number of amides is 1. The lowest BCUT2D eigenvalue weighted by molar-refractivity contribution is -0.155. The second-order valence-electron chi connectivity index (χ2n) is 8.94. The molecule has 0 radical (unpaired) electrons. The molecule has 0 heterocycles. The normalized spacial score (nSPS) is 15.4. The largest absolute Gasteiger partial charge is 0.496 e. The average Bonchev–Trinajstić information content (AvgIpc) is 2.86. The highest BCUT2D eigenvalue weighted by Gasteiger charge is 2.30. The van der Waals surface area contributed by atoms with Crippen LogP contribution in [0.3, 0.4) is 0 Å². The number of hydrogen-bond donors (Lipinski definition) is 2. The van der Waals surface area contributed by atoms with Gasteiger partial charge in [-0.3, -0.25) is 4.79 Å². The van der Waals surface area contributed by atoms with Crippen molar-refractivity contribution in [1.29, 1.82) is 0 Å². The van der Waals surface area contributed by atoms with E-state index in [0.717, 1.165) is 44.2 Å². The minimum Gasteiger partial charge on any atom is -0.496 e. The molecule has 196 valence electrons. The van der Waals surface area contributed by atoms with E-state index in [1.807, 2.05) is 6.92 Å². The number of benzene rings is 2. The smallest absolute Gasteiger partial charge is 0.416 e. The number of hydrogen-bond acceptors (Lipinski definition) is 4. The van der Waals surface area contributed by atoms with Crippen molar-refractivity contribution in [3.63, 3.8) is 0 Å². The topological polar surface area (TPSA) is 84.9 Å². The zero-order valence-electron chi connectivity index (χ0n) is 20.5. The maximum atomic E-state index is 13.2. The van der Waals surface area contributed by atoms with Gasteiger partial charge in [-0.1, -0.05) is 44.4 Å². The Bertz CT molecular complexity index is 1050. The number of aliphatic carboxylic acids is 1. The molecule has 2 N–H and O–H groups in total.